The van der Waals surface area contributed by atoms with Gasteiger partial charge < -0.3 is 31.3 Å². The van der Waals surface area contributed by atoms with Crippen LogP contribution in [-0.2, 0) is 28.7 Å². The third-order valence-corrected chi connectivity index (χ3v) is 10.9. The lowest BCUT2D eigenvalue weighted by Gasteiger charge is -2.52. The normalized spacial score (nSPS) is 27.9. The first-order valence-corrected chi connectivity index (χ1v) is 15.1. The number of aliphatic carboxylic acids is 2. The lowest BCUT2D eigenvalue weighted by atomic mass is 9.62. The number of nitrogens with two attached hydrogens (primary N) is 1. The second-order valence-electron chi connectivity index (χ2n) is 11.3. The molecule has 1 heterocycles. The number of carboxylic acid groups (broad SMARTS) is 2. The van der Waals surface area contributed by atoms with Crippen LogP contribution in [0.2, 0.25) is 0 Å². The molecule has 0 aromatic heterocycles. The molecule has 4 rings (SSSR count). The van der Waals surface area contributed by atoms with E-state index in [0.717, 1.165) is 62.7 Å². The van der Waals surface area contributed by atoms with E-state index in [1.54, 1.807) is 0 Å². The fraction of sp³-hybridized carbons (Fsp3) is 0.679. The second kappa shape index (κ2) is 12.3. The Labute approximate surface area is 237 Å². The Morgan fingerprint density at radius 3 is 2.58 bits per heavy atom. The number of ether oxygens (including phenoxy) is 1. The first-order chi connectivity index (χ1) is 19.0. The summed E-state index contributed by atoms with van der Waals surface area (Å²) in [7, 11) is 0. The molecule has 40 heavy (non-hydrogen) atoms. The fourth-order valence-electron chi connectivity index (χ4n) is 6.96. The zero-order valence-corrected chi connectivity index (χ0v) is 23.6. The van der Waals surface area contributed by atoms with E-state index in [0.29, 0.717) is 0 Å². The molecule has 11 nitrogen and oxygen atoms in total. The number of hydrogen-bond acceptors (Lipinski definition) is 8. The van der Waals surface area contributed by atoms with Crippen LogP contribution < -0.4 is 16.4 Å². The SMILES string of the molecule is CCC1(C2(SCC(NC(=O)CCC(N)C(=O)O)C(=O)NCC(=O)O)CCC3CC=CC4C(=O)OC2=C34)CCCC1. The summed E-state index contributed by atoms with van der Waals surface area (Å²) in [5.41, 5.74) is 6.44. The van der Waals surface area contributed by atoms with Crippen LogP contribution in [-0.4, -0.2) is 69.1 Å². The van der Waals surface area contributed by atoms with E-state index in [2.05, 4.69) is 23.6 Å². The van der Waals surface area contributed by atoms with Gasteiger partial charge in [0.15, 0.2) is 0 Å². The van der Waals surface area contributed by atoms with Crippen LogP contribution in [0.3, 0.4) is 0 Å². The third kappa shape index (κ3) is 5.79. The summed E-state index contributed by atoms with van der Waals surface area (Å²) in [6.45, 7) is 1.55. The lowest BCUT2D eigenvalue weighted by Crippen LogP contribution is -2.53. The van der Waals surface area contributed by atoms with E-state index >= 15 is 0 Å². The van der Waals surface area contributed by atoms with Gasteiger partial charge in [-0.2, -0.15) is 0 Å². The van der Waals surface area contributed by atoms with Crippen LogP contribution in [0.5, 0.6) is 0 Å². The number of allylic oxidation sites excluding steroid dienone is 1. The molecule has 5 unspecified atom stereocenters. The summed E-state index contributed by atoms with van der Waals surface area (Å²) >= 11 is 1.52. The van der Waals surface area contributed by atoms with Gasteiger partial charge in [0.25, 0.3) is 0 Å². The maximum absolute atomic E-state index is 13.1. The minimum Gasteiger partial charge on any atom is -0.480 e. The first kappa shape index (κ1) is 30.1. The van der Waals surface area contributed by atoms with Crippen molar-refractivity contribution in [3.63, 3.8) is 0 Å². The zero-order chi connectivity index (χ0) is 29.1. The maximum Gasteiger partial charge on any atom is 0.322 e. The molecule has 1 aliphatic heterocycles. The number of rotatable bonds is 13. The minimum atomic E-state index is -1.23. The molecule has 0 radical (unpaired) electrons. The molecule has 0 bridgehead atoms. The number of hydrogen-bond donors (Lipinski definition) is 5. The molecular weight excluding hydrogens is 538 g/mol. The molecule has 3 aliphatic carbocycles. The van der Waals surface area contributed by atoms with Crippen molar-refractivity contribution < 1.29 is 38.9 Å². The molecule has 12 heteroatoms. The van der Waals surface area contributed by atoms with Gasteiger partial charge in [0, 0.05) is 12.2 Å². The van der Waals surface area contributed by atoms with Gasteiger partial charge in [0.2, 0.25) is 11.8 Å². The van der Waals surface area contributed by atoms with Gasteiger partial charge in [-0.15, -0.1) is 11.8 Å². The summed E-state index contributed by atoms with van der Waals surface area (Å²) in [6, 6.07) is -2.29. The number of amides is 2. The minimum absolute atomic E-state index is 0.108. The molecule has 6 N–H and O–H groups in total. The fourth-order valence-corrected chi connectivity index (χ4v) is 8.85. The van der Waals surface area contributed by atoms with Gasteiger partial charge in [-0.3, -0.25) is 24.0 Å². The molecular formula is C28H39N3O8S. The van der Waals surface area contributed by atoms with E-state index in [-0.39, 0.29) is 41.8 Å². The van der Waals surface area contributed by atoms with E-state index in [1.165, 1.54) is 11.8 Å². The van der Waals surface area contributed by atoms with E-state index in [1.807, 2.05) is 6.08 Å². The third-order valence-electron chi connectivity index (χ3n) is 9.11. The summed E-state index contributed by atoms with van der Waals surface area (Å²) in [6.07, 6.45) is 11.1. The van der Waals surface area contributed by atoms with Crippen molar-refractivity contribution in [1.82, 2.24) is 10.6 Å². The molecule has 0 aromatic carbocycles. The second-order valence-corrected chi connectivity index (χ2v) is 12.6. The van der Waals surface area contributed by atoms with Gasteiger partial charge >= 0.3 is 17.9 Å². The monoisotopic (exact) mass is 577 g/mol. The Morgan fingerprint density at radius 2 is 1.93 bits per heavy atom. The molecule has 0 aromatic rings. The molecule has 1 fully saturated rings. The lowest BCUT2D eigenvalue weighted by molar-refractivity contribution is -0.140. The van der Waals surface area contributed by atoms with Gasteiger partial charge in [-0.1, -0.05) is 31.9 Å². The predicted molar refractivity (Wildman–Crippen MR) is 147 cm³/mol. The van der Waals surface area contributed by atoms with Gasteiger partial charge in [0.1, 0.15) is 30.3 Å². The molecule has 4 aliphatic rings. The van der Waals surface area contributed by atoms with Crippen LogP contribution >= 0.6 is 11.8 Å². The van der Waals surface area contributed by atoms with Crippen molar-refractivity contribution >= 4 is 41.5 Å². The number of carbonyl (C=O) groups excluding carboxylic acids is 3. The Bertz CT molecular complexity index is 1110. The molecule has 0 spiro atoms. The van der Waals surface area contributed by atoms with Crippen molar-refractivity contribution in [3.8, 4) is 0 Å². The van der Waals surface area contributed by atoms with Crippen LogP contribution in [0.25, 0.3) is 0 Å². The van der Waals surface area contributed by atoms with Crippen molar-refractivity contribution in [3.05, 3.63) is 23.5 Å². The number of nitrogens with one attached hydrogen (secondary N) is 2. The Balaban J connectivity index is 1.63. The van der Waals surface area contributed by atoms with Crippen molar-refractivity contribution in [1.29, 1.82) is 0 Å². The van der Waals surface area contributed by atoms with E-state index < -0.39 is 47.1 Å². The quantitative estimate of drug-likeness (QED) is 0.160. The Kier molecular flexibility index (Phi) is 9.29. The summed E-state index contributed by atoms with van der Waals surface area (Å²) in [4.78, 5) is 61.0. The summed E-state index contributed by atoms with van der Waals surface area (Å²) < 4.78 is 5.54. The zero-order valence-electron chi connectivity index (χ0n) is 22.8. The number of esters is 1. The molecule has 1 saturated carbocycles. The summed E-state index contributed by atoms with van der Waals surface area (Å²) in [5, 5.41) is 23.1. The highest BCUT2D eigenvalue weighted by Crippen LogP contribution is 2.65. The highest BCUT2D eigenvalue weighted by molar-refractivity contribution is 8.01. The maximum atomic E-state index is 13.1. The van der Waals surface area contributed by atoms with Gasteiger partial charge in [0.05, 0.1) is 4.75 Å². The van der Waals surface area contributed by atoms with Gasteiger partial charge in [-0.05, 0) is 61.9 Å². The largest absolute Gasteiger partial charge is 0.480 e. The first-order valence-electron chi connectivity index (χ1n) is 14.1. The topological polar surface area (TPSA) is 185 Å². The van der Waals surface area contributed by atoms with Crippen molar-refractivity contribution in [2.24, 2.45) is 23.0 Å². The van der Waals surface area contributed by atoms with E-state index in [9.17, 15) is 24.0 Å². The van der Waals surface area contributed by atoms with Crippen molar-refractivity contribution in [2.45, 2.75) is 88.0 Å². The standard InChI is InChI=1S/C28H39N3O8S/c1-2-27(11-3-4-12-27)28(13-10-16-6-5-7-17-22(16)23(28)39-26(17)38)40-15-19(24(35)30-14-21(33)34)31-20(32)9-8-18(29)25(36)37/h5,7,16-19H,2-4,6,8-15,29H2,1H3,(H,30,35)(H,31,32)(H,33,34)(H,36,37). The van der Waals surface area contributed by atoms with Crippen molar-refractivity contribution in [2.75, 3.05) is 12.3 Å². The Hall–Kier alpha value is -2.86. The Morgan fingerprint density at radius 1 is 1.20 bits per heavy atom. The number of carbonyl (C=O) groups is 5. The summed E-state index contributed by atoms with van der Waals surface area (Å²) in [5.74, 6) is -3.18. The number of thioether (sulfide) groups is 1. The van der Waals surface area contributed by atoms with E-state index in [4.69, 9.17) is 20.7 Å². The highest BCUT2D eigenvalue weighted by Gasteiger charge is 2.61. The predicted octanol–water partition coefficient (Wildman–Crippen LogP) is 2.10. The average molecular weight is 578 g/mol. The van der Waals surface area contributed by atoms with Crippen LogP contribution in [0.15, 0.2) is 23.5 Å². The molecule has 0 saturated heterocycles. The molecule has 5 atom stereocenters. The molecule has 2 amide bonds. The van der Waals surface area contributed by atoms with Crippen LogP contribution in [0.4, 0.5) is 0 Å². The molecule has 220 valence electrons. The number of carboxylic acids is 2. The average Bonchev–Trinajstić information content (AvgIpc) is 3.56. The van der Waals surface area contributed by atoms with Crippen LogP contribution in [0.1, 0.15) is 71.1 Å². The highest BCUT2D eigenvalue weighted by atomic mass is 32.2. The smallest absolute Gasteiger partial charge is 0.322 e. The van der Waals surface area contributed by atoms with Crippen LogP contribution in [0, 0.1) is 17.3 Å². The van der Waals surface area contributed by atoms with Gasteiger partial charge in [-0.25, -0.2) is 0 Å².